The number of nitrogens with zero attached hydrogens (tertiary/aromatic N) is 1. The first-order valence-corrected chi connectivity index (χ1v) is 10.3. The van der Waals surface area contributed by atoms with E-state index < -0.39 is 6.10 Å². The van der Waals surface area contributed by atoms with Crippen molar-refractivity contribution < 1.29 is 10.2 Å². The number of aryl methyl sites for hydroxylation is 2. The Hall–Kier alpha value is -2.70. The summed E-state index contributed by atoms with van der Waals surface area (Å²) in [5, 5.41) is 24.9. The molecule has 1 unspecified atom stereocenters. The number of nitrogens with one attached hydrogen (secondary N) is 2. The van der Waals surface area contributed by atoms with E-state index in [1.54, 1.807) is 12.1 Å². The average molecular weight is 393 g/mol. The quantitative estimate of drug-likeness (QED) is 0.516. The van der Waals surface area contributed by atoms with Crippen molar-refractivity contribution >= 4 is 10.9 Å². The van der Waals surface area contributed by atoms with Gasteiger partial charge in [0.05, 0.1) is 11.6 Å². The molecule has 2 atom stereocenters. The summed E-state index contributed by atoms with van der Waals surface area (Å²) < 4.78 is 0. The highest BCUT2D eigenvalue weighted by molar-refractivity contribution is 5.87. The standard InChI is InChI=1S/C23H27N3O3/c1-3-13-9-14-10-15(11-19(14)25-18(13)4-2)24-12-21(28)16-5-7-20(27)23-17(16)6-8-22(29)26-23/h5-9,15,21,24,27-28H,3-4,10-12H2,1-2H3,(H,26,29)/t15?,21-/m0/s1. The van der Waals surface area contributed by atoms with Gasteiger partial charge in [0.25, 0.3) is 0 Å². The van der Waals surface area contributed by atoms with E-state index in [0.29, 0.717) is 23.0 Å². The van der Waals surface area contributed by atoms with Gasteiger partial charge in [-0.3, -0.25) is 9.78 Å². The minimum atomic E-state index is -0.752. The first kappa shape index (κ1) is 19.6. The summed E-state index contributed by atoms with van der Waals surface area (Å²) in [7, 11) is 0. The zero-order valence-electron chi connectivity index (χ0n) is 16.8. The van der Waals surface area contributed by atoms with Gasteiger partial charge in [-0.2, -0.15) is 0 Å². The first-order chi connectivity index (χ1) is 14.0. The topological polar surface area (TPSA) is 98.2 Å². The summed E-state index contributed by atoms with van der Waals surface area (Å²) in [6.07, 6.45) is 2.97. The van der Waals surface area contributed by atoms with E-state index in [1.807, 2.05) is 0 Å². The van der Waals surface area contributed by atoms with E-state index in [4.69, 9.17) is 4.98 Å². The second-order valence-corrected chi connectivity index (χ2v) is 7.72. The number of aromatic nitrogens is 2. The largest absolute Gasteiger partial charge is 0.506 e. The molecular weight excluding hydrogens is 366 g/mol. The highest BCUT2D eigenvalue weighted by atomic mass is 16.3. The van der Waals surface area contributed by atoms with Crippen molar-refractivity contribution in [2.45, 2.75) is 51.7 Å². The van der Waals surface area contributed by atoms with Crippen LogP contribution in [0.1, 0.15) is 48.0 Å². The molecule has 3 aromatic rings. The molecule has 1 aromatic carbocycles. The molecule has 1 aliphatic carbocycles. The number of hydrogen-bond donors (Lipinski definition) is 4. The molecule has 29 heavy (non-hydrogen) atoms. The predicted molar refractivity (Wildman–Crippen MR) is 113 cm³/mol. The van der Waals surface area contributed by atoms with Crippen molar-refractivity contribution in [2.24, 2.45) is 0 Å². The Morgan fingerprint density at radius 3 is 2.79 bits per heavy atom. The lowest BCUT2D eigenvalue weighted by Crippen LogP contribution is -2.33. The van der Waals surface area contributed by atoms with Crippen LogP contribution in [-0.2, 0) is 25.7 Å². The smallest absolute Gasteiger partial charge is 0.248 e. The molecule has 0 spiro atoms. The molecule has 4 N–H and O–H groups in total. The van der Waals surface area contributed by atoms with Crippen molar-refractivity contribution in [3.63, 3.8) is 0 Å². The molecule has 0 saturated heterocycles. The van der Waals surface area contributed by atoms with E-state index in [1.165, 1.54) is 34.6 Å². The highest BCUT2D eigenvalue weighted by Crippen LogP contribution is 2.29. The molecule has 4 rings (SSSR count). The maximum absolute atomic E-state index is 11.6. The van der Waals surface area contributed by atoms with Crippen LogP contribution in [0.5, 0.6) is 5.75 Å². The van der Waals surface area contributed by atoms with Crippen LogP contribution in [-0.4, -0.2) is 32.8 Å². The van der Waals surface area contributed by atoms with Gasteiger partial charge in [0, 0.05) is 41.8 Å². The van der Waals surface area contributed by atoms with Crippen molar-refractivity contribution in [1.82, 2.24) is 15.3 Å². The summed E-state index contributed by atoms with van der Waals surface area (Å²) in [5.41, 5.74) is 5.74. The Labute approximate surface area is 169 Å². The molecule has 0 bridgehead atoms. The molecule has 0 radical (unpaired) electrons. The van der Waals surface area contributed by atoms with E-state index in [2.05, 4.69) is 30.2 Å². The summed E-state index contributed by atoms with van der Waals surface area (Å²) in [4.78, 5) is 19.1. The zero-order valence-corrected chi connectivity index (χ0v) is 16.8. The van der Waals surface area contributed by atoms with Crippen LogP contribution < -0.4 is 10.9 Å². The van der Waals surface area contributed by atoms with Gasteiger partial charge in [-0.1, -0.05) is 26.0 Å². The SMILES string of the molecule is CCc1cc2c(nc1CC)CC(NC[C@H](O)c1ccc(O)c3[nH]c(=O)ccc13)C2. The molecule has 0 fully saturated rings. The minimum Gasteiger partial charge on any atom is -0.506 e. The zero-order chi connectivity index (χ0) is 20.5. The van der Waals surface area contributed by atoms with E-state index in [9.17, 15) is 15.0 Å². The second kappa shape index (κ2) is 7.97. The maximum Gasteiger partial charge on any atom is 0.248 e. The summed E-state index contributed by atoms with van der Waals surface area (Å²) in [6, 6.07) is 8.79. The molecule has 0 saturated carbocycles. The van der Waals surface area contributed by atoms with Crippen LogP contribution in [0.4, 0.5) is 0 Å². The Morgan fingerprint density at radius 1 is 1.21 bits per heavy atom. The predicted octanol–water partition coefficient (Wildman–Crippen LogP) is 2.54. The fourth-order valence-electron chi connectivity index (χ4n) is 4.30. The number of aromatic hydroxyl groups is 1. The van der Waals surface area contributed by atoms with Gasteiger partial charge < -0.3 is 20.5 Å². The number of rotatable bonds is 6. The van der Waals surface area contributed by atoms with Gasteiger partial charge in [0.2, 0.25) is 5.56 Å². The fraction of sp³-hybridized carbons (Fsp3) is 0.391. The van der Waals surface area contributed by atoms with Crippen LogP contribution in [0.25, 0.3) is 10.9 Å². The molecule has 6 nitrogen and oxygen atoms in total. The van der Waals surface area contributed by atoms with E-state index >= 15 is 0 Å². The number of aliphatic hydroxyl groups is 1. The monoisotopic (exact) mass is 393 g/mol. The number of pyridine rings is 2. The summed E-state index contributed by atoms with van der Waals surface area (Å²) in [5.74, 6) is -0.00242. The van der Waals surface area contributed by atoms with Gasteiger partial charge in [0.15, 0.2) is 0 Å². The van der Waals surface area contributed by atoms with Crippen LogP contribution in [0.15, 0.2) is 35.1 Å². The normalized spacial score (nSPS) is 16.9. The Kier molecular flexibility index (Phi) is 5.39. The number of benzene rings is 1. The Bertz CT molecular complexity index is 1070. The highest BCUT2D eigenvalue weighted by Gasteiger charge is 2.25. The lowest BCUT2D eigenvalue weighted by molar-refractivity contribution is 0.171. The van der Waals surface area contributed by atoms with Crippen LogP contribution in [0.3, 0.4) is 0 Å². The Morgan fingerprint density at radius 2 is 2.03 bits per heavy atom. The third-order valence-corrected chi connectivity index (χ3v) is 5.85. The number of fused-ring (bicyclic) bond motifs is 2. The average Bonchev–Trinajstić information content (AvgIpc) is 3.13. The Balaban J connectivity index is 1.48. The van der Waals surface area contributed by atoms with Crippen molar-refractivity contribution in [3.8, 4) is 5.75 Å². The fourth-order valence-corrected chi connectivity index (χ4v) is 4.30. The minimum absolute atomic E-state index is 0.00242. The number of H-pyrrole nitrogens is 1. The van der Waals surface area contributed by atoms with Gasteiger partial charge in [-0.25, -0.2) is 0 Å². The van der Waals surface area contributed by atoms with Gasteiger partial charge in [0.1, 0.15) is 5.75 Å². The van der Waals surface area contributed by atoms with Gasteiger partial charge in [-0.15, -0.1) is 0 Å². The third-order valence-electron chi connectivity index (χ3n) is 5.85. The molecule has 0 aliphatic heterocycles. The number of phenolic OH excluding ortho intramolecular Hbond substituents is 1. The van der Waals surface area contributed by atoms with Crippen molar-refractivity contribution in [3.05, 3.63) is 68.8 Å². The number of hydrogen-bond acceptors (Lipinski definition) is 5. The lowest BCUT2D eigenvalue weighted by atomic mass is 10.0. The summed E-state index contributed by atoms with van der Waals surface area (Å²) >= 11 is 0. The number of phenols is 1. The molecule has 152 valence electrons. The van der Waals surface area contributed by atoms with Gasteiger partial charge in [-0.05, 0) is 48.1 Å². The van der Waals surface area contributed by atoms with E-state index in [-0.39, 0.29) is 17.4 Å². The van der Waals surface area contributed by atoms with Crippen LogP contribution >= 0.6 is 0 Å². The number of aromatic amines is 1. The molecule has 0 amide bonds. The number of aliphatic hydroxyl groups excluding tert-OH is 1. The van der Waals surface area contributed by atoms with E-state index in [0.717, 1.165) is 25.7 Å². The maximum atomic E-state index is 11.6. The van der Waals surface area contributed by atoms with Crippen molar-refractivity contribution in [1.29, 1.82) is 0 Å². The first-order valence-electron chi connectivity index (χ1n) is 10.3. The van der Waals surface area contributed by atoms with Crippen LogP contribution in [0, 0.1) is 0 Å². The lowest BCUT2D eigenvalue weighted by Gasteiger charge is -2.18. The molecule has 2 aromatic heterocycles. The molecule has 6 heteroatoms. The molecule has 1 aliphatic rings. The second-order valence-electron chi connectivity index (χ2n) is 7.72. The summed E-state index contributed by atoms with van der Waals surface area (Å²) in [6.45, 7) is 4.70. The molecular formula is C23H27N3O3. The van der Waals surface area contributed by atoms with Gasteiger partial charge >= 0.3 is 0 Å². The van der Waals surface area contributed by atoms with Crippen molar-refractivity contribution in [2.75, 3.05) is 6.54 Å². The third kappa shape index (κ3) is 3.78. The molecule has 2 heterocycles. The van der Waals surface area contributed by atoms with Crippen LogP contribution in [0.2, 0.25) is 0 Å².